The minimum absolute atomic E-state index is 0.114. The minimum atomic E-state index is -0.746. The van der Waals surface area contributed by atoms with Crippen LogP contribution >= 0.6 is 0 Å². The molecule has 2 aromatic rings. The van der Waals surface area contributed by atoms with Crippen molar-refractivity contribution in [2.24, 2.45) is 0 Å². The van der Waals surface area contributed by atoms with Gasteiger partial charge in [0.1, 0.15) is 60.6 Å². The van der Waals surface area contributed by atoms with E-state index in [1.165, 1.54) is 14.7 Å². The van der Waals surface area contributed by atoms with Crippen LogP contribution in [0.1, 0.15) is 51.9 Å². The van der Waals surface area contributed by atoms with Gasteiger partial charge in [0.05, 0.1) is 65.0 Å². The van der Waals surface area contributed by atoms with E-state index >= 15 is 0 Å². The van der Waals surface area contributed by atoms with E-state index < -0.39 is 35.2 Å². The monoisotopic (exact) mass is 860 g/mol. The quantitative estimate of drug-likeness (QED) is 0.467. The summed E-state index contributed by atoms with van der Waals surface area (Å²) in [7, 11) is 0. The predicted molar refractivity (Wildman–Crippen MR) is 223 cm³/mol. The van der Waals surface area contributed by atoms with Crippen molar-refractivity contribution >= 4 is 24.0 Å². The number of ether oxygens (including phenoxy) is 10. The molecule has 340 valence electrons. The van der Waals surface area contributed by atoms with Crippen molar-refractivity contribution in [3.8, 4) is 23.0 Å². The lowest BCUT2D eigenvalue weighted by Gasteiger charge is -2.30. The van der Waals surface area contributed by atoms with Gasteiger partial charge in [0.2, 0.25) is 5.91 Å². The fourth-order valence-electron chi connectivity index (χ4n) is 5.75. The molecule has 2 aliphatic rings. The molecular formula is C43H64N4O14. The molecule has 18 heteroatoms. The smallest absolute Gasteiger partial charge is 0.410 e. The predicted octanol–water partition coefficient (Wildman–Crippen LogP) is 4.03. The first kappa shape index (κ1) is 48.6. The third kappa shape index (κ3) is 19.0. The fraction of sp³-hybridized carbons (Fsp3) is 0.628. The average Bonchev–Trinajstić information content (AvgIpc) is 3.31. The highest BCUT2D eigenvalue weighted by atomic mass is 16.6. The van der Waals surface area contributed by atoms with Crippen LogP contribution in [0.25, 0.3) is 0 Å². The van der Waals surface area contributed by atoms with Gasteiger partial charge in [-0.1, -0.05) is 6.07 Å². The zero-order valence-corrected chi connectivity index (χ0v) is 36.5. The van der Waals surface area contributed by atoms with Gasteiger partial charge in [0.15, 0.2) is 0 Å². The number of rotatable bonds is 3. The molecule has 0 spiro atoms. The highest BCUT2D eigenvalue weighted by Crippen LogP contribution is 2.26. The Hall–Kier alpha value is -5.04. The normalized spacial score (nSPS) is 17.6. The van der Waals surface area contributed by atoms with Crippen molar-refractivity contribution in [2.45, 2.75) is 52.7 Å². The van der Waals surface area contributed by atoms with Crippen molar-refractivity contribution < 1.29 is 66.5 Å². The summed E-state index contributed by atoms with van der Waals surface area (Å²) in [6.45, 7) is 14.9. The Kier molecular flexibility index (Phi) is 20.0. The molecule has 1 fully saturated rings. The SMILES string of the molecule is CC(C)(C)OC(=O)N1CCN(C(=O)CNC(=O)c2ccc3cc2OCCOCCOCCOc2cccc(c2)OCCOCCOCCO3)CCN(C(=O)OC(C)(C)C)CC1. The van der Waals surface area contributed by atoms with E-state index in [0.717, 1.165) is 0 Å². The molecule has 4 bridgehead atoms. The fourth-order valence-corrected chi connectivity index (χ4v) is 5.75. The summed E-state index contributed by atoms with van der Waals surface area (Å²) in [5, 5.41) is 2.71. The number of carbonyl (C=O) groups excluding carboxylic acids is 4. The summed E-state index contributed by atoms with van der Waals surface area (Å²) in [6.07, 6.45) is -1.13. The molecule has 1 N–H and O–H groups in total. The van der Waals surface area contributed by atoms with Gasteiger partial charge in [-0.15, -0.1) is 0 Å². The number of hydrogen-bond donors (Lipinski definition) is 1. The maximum Gasteiger partial charge on any atom is 0.410 e. The van der Waals surface area contributed by atoms with Crippen LogP contribution in [0.2, 0.25) is 0 Å². The van der Waals surface area contributed by atoms with E-state index in [2.05, 4.69) is 5.32 Å². The van der Waals surface area contributed by atoms with Crippen LogP contribution in [0.15, 0.2) is 42.5 Å². The van der Waals surface area contributed by atoms with E-state index in [1.807, 2.05) is 24.3 Å². The number of fused-ring (bicyclic) bond motifs is 4. The summed E-state index contributed by atoms with van der Waals surface area (Å²) in [4.78, 5) is 57.9. The van der Waals surface area contributed by atoms with Crippen LogP contribution in [0.4, 0.5) is 9.59 Å². The van der Waals surface area contributed by atoms with Crippen LogP contribution in [0, 0.1) is 0 Å². The topological polar surface area (TPSA) is 182 Å². The van der Waals surface area contributed by atoms with Crippen molar-refractivity contribution in [1.29, 1.82) is 0 Å². The Morgan fingerprint density at radius 3 is 1.36 bits per heavy atom. The average molecular weight is 861 g/mol. The lowest BCUT2D eigenvalue weighted by atomic mass is 10.1. The second-order valence-corrected chi connectivity index (χ2v) is 16.0. The number of amides is 4. The second-order valence-electron chi connectivity index (χ2n) is 16.0. The third-order valence-corrected chi connectivity index (χ3v) is 8.70. The Bertz CT molecular complexity index is 1640. The van der Waals surface area contributed by atoms with Gasteiger partial charge < -0.3 is 67.4 Å². The van der Waals surface area contributed by atoms with E-state index in [9.17, 15) is 19.2 Å². The maximum atomic E-state index is 13.7. The van der Waals surface area contributed by atoms with Gasteiger partial charge in [-0.05, 0) is 65.8 Å². The molecule has 4 rings (SSSR count). The lowest BCUT2D eigenvalue weighted by Crippen LogP contribution is -2.46. The number of hydrogen-bond acceptors (Lipinski definition) is 14. The molecule has 4 amide bonds. The number of nitrogens with zero attached hydrogens (tertiary/aromatic N) is 3. The summed E-state index contributed by atoms with van der Waals surface area (Å²) in [6, 6.07) is 12.1. The molecular weight excluding hydrogens is 796 g/mol. The summed E-state index contributed by atoms with van der Waals surface area (Å²) >= 11 is 0. The molecule has 0 atom stereocenters. The van der Waals surface area contributed by atoms with E-state index in [4.69, 9.17) is 47.4 Å². The number of nitrogens with one attached hydrogen (secondary N) is 1. The molecule has 0 saturated carbocycles. The summed E-state index contributed by atoms with van der Waals surface area (Å²) in [5.41, 5.74) is -1.32. The second kappa shape index (κ2) is 25.0. The standard InChI is InChI=1S/C43H64N4O14/c1-42(2,3)60-40(50)46-14-12-45(13-15-47(17-16-46)41(51)61-43(4,5)6)38(48)32-44-39(49)36-11-10-35-31-37(36)59-29-25-55-21-20-53-23-27-57-34-9-7-8-33(30-34)56-26-22-52-18-19-54-24-28-58-35/h7-11,30-31H,12-29,32H2,1-6H3,(H,44,49). The van der Waals surface area contributed by atoms with Gasteiger partial charge in [0, 0.05) is 51.4 Å². The zero-order chi connectivity index (χ0) is 44.1. The Morgan fingerprint density at radius 2 is 0.918 bits per heavy atom. The Labute approximate surface area is 358 Å². The molecule has 61 heavy (non-hydrogen) atoms. The molecule has 0 unspecified atom stereocenters. The third-order valence-electron chi connectivity index (χ3n) is 8.70. The molecule has 1 saturated heterocycles. The lowest BCUT2D eigenvalue weighted by molar-refractivity contribution is -0.130. The molecule has 0 radical (unpaired) electrons. The van der Waals surface area contributed by atoms with E-state index in [0.29, 0.717) is 76.7 Å². The van der Waals surface area contributed by atoms with Crippen molar-refractivity contribution in [1.82, 2.24) is 20.0 Å². The molecule has 18 nitrogen and oxygen atoms in total. The van der Waals surface area contributed by atoms with Crippen LogP contribution in [0.5, 0.6) is 23.0 Å². The van der Waals surface area contributed by atoms with Gasteiger partial charge in [0.25, 0.3) is 5.91 Å². The summed E-state index contributed by atoms with van der Waals surface area (Å²) in [5.74, 6) is 1.05. The van der Waals surface area contributed by atoms with Gasteiger partial charge in [-0.3, -0.25) is 9.59 Å². The maximum absolute atomic E-state index is 13.7. The molecule has 2 heterocycles. The Balaban J connectivity index is 1.36. The van der Waals surface area contributed by atoms with Crippen LogP contribution in [-0.4, -0.2) is 175 Å². The zero-order valence-electron chi connectivity index (χ0n) is 36.5. The van der Waals surface area contributed by atoms with E-state index in [-0.39, 0.29) is 76.9 Å². The first-order valence-corrected chi connectivity index (χ1v) is 20.7. The van der Waals surface area contributed by atoms with Crippen molar-refractivity contribution in [2.75, 3.05) is 125 Å². The summed E-state index contributed by atoms with van der Waals surface area (Å²) < 4.78 is 57.2. The first-order chi connectivity index (χ1) is 29.2. The van der Waals surface area contributed by atoms with E-state index in [1.54, 1.807) is 59.7 Å². The minimum Gasteiger partial charge on any atom is -0.491 e. The van der Waals surface area contributed by atoms with Crippen LogP contribution in [-0.2, 0) is 33.2 Å². The highest BCUT2D eigenvalue weighted by molar-refractivity contribution is 5.99. The van der Waals surface area contributed by atoms with Crippen molar-refractivity contribution in [3.05, 3.63) is 48.0 Å². The van der Waals surface area contributed by atoms with Gasteiger partial charge in [-0.2, -0.15) is 0 Å². The Morgan fingerprint density at radius 1 is 0.525 bits per heavy atom. The number of carbonyl (C=O) groups is 4. The molecule has 0 aromatic heterocycles. The van der Waals surface area contributed by atoms with Gasteiger partial charge in [-0.25, -0.2) is 9.59 Å². The van der Waals surface area contributed by atoms with Crippen molar-refractivity contribution in [3.63, 3.8) is 0 Å². The highest BCUT2D eigenvalue weighted by Gasteiger charge is 2.29. The number of benzene rings is 2. The molecule has 2 aromatic carbocycles. The molecule has 2 aliphatic heterocycles. The van der Waals surface area contributed by atoms with Crippen LogP contribution < -0.4 is 24.3 Å². The first-order valence-electron chi connectivity index (χ1n) is 20.7. The largest absolute Gasteiger partial charge is 0.491 e. The van der Waals surface area contributed by atoms with Crippen LogP contribution in [0.3, 0.4) is 0 Å². The molecule has 0 aliphatic carbocycles. The van der Waals surface area contributed by atoms with Gasteiger partial charge >= 0.3 is 12.2 Å².